The van der Waals surface area contributed by atoms with E-state index >= 15 is 0 Å². The van der Waals surface area contributed by atoms with E-state index in [0.717, 1.165) is 5.04 Å². The first-order valence-electron chi connectivity index (χ1n) is 1.90. The Bertz CT molecular complexity index is 145. The van der Waals surface area contributed by atoms with E-state index in [1.807, 2.05) is 17.9 Å². The summed E-state index contributed by atoms with van der Waals surface area (Å²) in [6.07, 6.45) is 0. The first-order valence-corrected chi connectivity index (χ1v) is 3.79. The molecule has 0 fully saturated rings. The van der Waals surface area contributed by atoms with Crippen LogP contribution in [0.1, 0.15) is 0 Å². The van der Waals surface area contributed by atoms with Crippen molar-refractivity contribution in [3.05, 3.63) is 17.9 Å². The van der Waals surface area contributed by atoms with Gasteiger partial charge in [-0.1, -0.05) is 6.07 Å². The van der Waals surface area contributed by atoms with Gasteiger partial charge in [0.25, 0.3) is 0 Å². The van der Waals surface area contributed by atoms with E-state index in [2.05, 4.69) is 0 Å². The molecule has 0 saturated heterocycles. The van der Waals surface area contributed by atoms with Crippen molar-refractivity contribution in [2.75, 3.05) is 0 Å². The summed E-state index contributed by atoms with van der Waals surface area (Å²) in [6.45, 7) is 0. The molecule has 1 atom stereocenters. The van der Waals surface area contributed by atoms with Crippen LogP contribution in [0.3, 0.4) is 0 Å². The lowest BCUT2D eigenvalue weighted by Gasteiger charge is -1.65. The highest BCUT2D eigenvalue weighted by molar-refractivity contribution is 7.54. The van der Waals surface area contributed by atoms with E-state index in [1.165, 1.54) is 0 Å². The van der Waals surface area contributed by atoms with Crippen LogP contribution in [0.25, 0.3) is 0 Å². The standard InChI is InChI=1S/C4H4OP2/c5-7-4-2-1-3-6-4/h1-3,6H. The molecule has 1 aromatic heterocycles. The fourth-order valence-electron chi connectivity index (χ4n) is 0.378. The summed E-state index contributed by atoms with van der Waals surface area (Å²) in [7, 11) is 0.838. The van der Waals surface area contributed by atoms with Crippen LogP contribution < -0.4 is 5.04 Å². The zero-order valence-electron chi connectivity index (χ0n) is 3.59. The zero-order valence-corrected chi connectivity index (χ0v) is 5.48. The summed E-state index contributed by atoms with van der Waals surface area (Å²) < 4.78 is 10.0. The molecule has 0 aliphatic heterocycles. The van der Waals surface area contributed by atoms with E-state index in [-0.39, 0.29) is 8.46 Å². The van der Waals surface area contributed by atoms with Gasteiger partial charge in [-0.3, -0.25) is 4.57 Å². The van der Waals surface area contributed by atoms with Gasteiger partial charge < -0.3 is 0 Å². The Morgan fingerprint density at radius 1 is 1.71 bits per heavy atom. The maximum atomic E-state index is 10.0. The highest BCUT2D eigenvalue weighted by Gasteiger charge is 1.83. The molecule has 1 aromatic rings. The van der Waals surface area contributed by atoms with Crippen LogP contribution in [-0.4, -0.2) is 0 Å². The van der Waals surface area contributed by atoms with E-state index in [0.29, 0.717) is 8.19 Å². The second kappa shape index (κ2) is 2.26. The summed E-state index contributed by atoms with van der Waals surface area (Å²) >= 11 is 0. The van der Waals surface area contributed by atoms with Crippen molar-refractivity contribution in [3.63, 3.8) is 0 Å². The molecular weight excluding hydrogens is 126 g/mol. The van der Waals surface area contributed by atoms with Crippen molar-refractivity contribution >= 4 is 21.7 Å². The predicted molar refractivity (Wildman–Crippen MR) is 33.2 cm³/mol. The number of hydrogen-bond donors (Lipinski definition) is 0. The summed E-state index contributed by atoms with van der Waals surface area (Å²) in [5.74, 6) is 2.01. The predicted octanol–water partition coefficient (Wildman–Crippen LogP) is 1.63. The molecule has 0 radical (unpaired) electrons. The zero-order chi connectivity index (χ0) is 5.11. The molecule has 1 heterocycles. The molecule has 0 aliphatic rings. The molecule has 0 amide bonds. The Balaban J connectivity index is 2.96. The molecule has 0 spiro atoms. The molecule has 0 bridgehead atoms. The molecule has 0 aromatic carbocycles. The van der Waals surface area contributed by atoms with Crippen molar-refractivity contribution in [2.45, 2.75) is 0 Å². The molecule has 0 N–H and O–H groups in total. The summed E-state index contributed by atoms with van der Waals surface area (Å²) in [5.41, 5.74) is 0. The Morgan fingerprint density at radius 2 is 2.57 bits per heavy atom. The van der Waals surface area contributed by atoms with Crippen molar-refractivity contribution in [1.82, 2.24) is 0 Å². The SMILES string of the molecule is O=Pc1ccc[pH]1. The summed E-state index contributed by atoms with van der Waals surface area (Å²) in [5, 5.41) is 1.00. The van der Waals surface area contributed by atoms with Crippen molar-refractivity contribution in [3.8, 4) is 0 Å². The van der Waals surface area contributed by atoms with Gasteiger partial charge in [0.15, 0.2) is 8.46 Å². The number of rotatable bonds is 1. The van der Waals surface area contributed by atoms with Gasteiger partial charge in [-0.15, -0.1) is 8.19 Å². The average molecular weight is 130 g/mol. The average Bonchev–Trinajstić information content (AvgIpc) is 2.14. The lowest BCUT2D eigenvalue weighted by molar-refractivity contribution is 0.603. The fraction of sp³-hybridized carbons (Fsp3) is 0. The lowest BCUT2D eigenvalue weighted by Crippen LogP contribution is -1.70. The maximum absolute atomic E-state index is 10.0. The molecule has 1 rings (SSSR count). The van der Waals surface area contributed by atoms with Crippen LogP contribution in [0, 0.1) is 0 Å². The molecule has 1 nitrogen and oxygen atoms in total. The molecule has 0 aliphatic carbocycles. The van der Waals surface area contributed by atoms with Crippen LogP contribution in [0.2, 0.25) is 0 Å². The smallest absolute Gasteiger partial charge is 0.196 e. The third kappa shape index (κ3) is 1.12. The quantitative estimate of drug-likeness (QED) is 0.528. The first kappa shape index (κ1) is 5.03. The van der Waals surface area contributed by atoms with Crippen LogP contribution in [0.4, 0.5) is 0 Å². The molecule has 3 heteroatoms. The van der Waals surface area contributed by atoms with Gasteiger partial charge >= 0.3 is 0 Å². The van der Waals surface area contributed by atoms with Crippen molar-refractivity contribution in [2.24, 2.45) is 0 Å². The van der Waals surface area contributed by atoms with Crippen LogP contribution in [-0.2, 0) is 4.57 Å². The minimum Gasteiger partial charge on any atom is -0.269 e. The Morgan fingerprint density at radius 3 is 2.86 bits per heavy atom. The van der Waals surface area contributed by atoms with E-state index in [1.54, 1.807) is 0 Å². The highest BCUT2D eigenvalue weighted by atomic mass is 31.1. The first-order chi connectivity index (χ1) is 3.43. The summed E-state index contributed by atoms with van der Waals surface area (Å²) in [6, 6.07) is 3.81. The third-order valence-electron chi connectivity index (χ3n) is 0.680. The third-order valence-corrected chi connectivity index (χ3v) is 2.51. The Labute approximate surface area is 45.0 Å². The van der Waals surface area contributed by atoms with Crippen molar-refractivity contribution in [1.29, 1.82) is 0 Å². The second-order valence-electron chi connectivity index (χ2n) is 1.15. The van der Waals surface area contributed by atoms with Crippen LogP contribution in [0.5, 0.6) is 0 Å². The Kier molecular flexibility index (Phi) is 1.62. The fourth-order valence-corrected chi connectivity index (χ4v) is 1.51. The normalized spacial score (nSPS) is 10.9. The van der Waals surface area contributed by atoms with Gasteiger partial charge in [0, 0.05) is 0 Å². The summed E-state index contributed by atoms with van der Waals surface area (Å²) in [4.78, 5) is 0. The van der Waals surface area contributed by atoms with Gasteiger partial charge in [0.05, 0.1) is 5.04 Å². The van der Waals surface area contributed by atoms with Gasteiger partial charge in [0.2, 0.25) is 0 Å². The van der Waals surface area contributed by atoms with Crippen molar-refractivity contribution < 1.29 is 4.57 Å². The maximum Gasteiger partial charge on any atom is 0.196 e. The van der Waals surface area contributed by atoms with Crippen LogP contribution in [0.15, 0.2) is 17.9 Å². The molecule has 36 valence electrons. The van der Waals surface area contributed by atoms with Gasteiger partial charge in [-0.2, -0.15) is 0 Å². The second-order valence-corrected chi connectivity index (χ2v) is 3.39. The van der Waals surface area contributed by atoms with Gasteiger partial charge in [-0.25, -0.2) is 0 Å². The molecular formula is C4H4OP2. The molecule has 7 heavy (non-hydrogen) atoms. The highest BCUT2D eigenvalue weighted by Crippen LogP contribution is 2.07. The van der Waals surface area contributed by atoms with E-state index in [9.17, 15) is 4.57 Å². The number of hydrogen-bond acceptors (Lipinski definition) is 1. The minimum atomic E-state index is 0.183. The van der Waals surface area contributed by atoms with E-state index < -0.39 is 0 Å². The molecule has 1 unspecified atom stereocenters. The minimum absolute atomic E-state index is 0.183. The van der Waals surface area contributed by atoms with Crippen LogP contribution >= 0.6 is 16.7 Å². The lowest BCUT2D eigenvalue weighted by atomic mass is 10.7. The van der Waals surface area contributed by atoms with E-state index in [4.69, 9.17) is 0 Å². The monoisotopic (exact) mass is 130 g/mol. The molecule has 0 saturated carbocycles. The largest absolute Gasteiger partial charge is 0.269 e. The van der Waals surface area contributed by atoms with Gasteiger partial charge in [0.1, 0.15) is 0 Å². The Hall–Kier alpha value is -0.120. The van der Waals surface area contributed by atoms with Gasteiger partial charge in [-0.05, 0) is 11.9 Å². The topological polar surface area (TPSA) is 17.1 Å².